The van der Waals surface area contributed by atoms with Gasteiger partial charge in [-0.25, -0.2) is 0 Å². The number of nitrogens with one attached hydrogen (secondary N) is 3. The minimum absolute atomic E-state index is 0.0284. The Bertz CT molecular complexity index is 1390. The molecular formula is C31H33N5O4. The number of rotatable bonds is 6. The molecule has 5 atom stereocenters. The molecule has 2 aliphatic heterocycles. The smallest absolute Gasteiger partial charge is 0.258 e. The molecule has 206 valence electrons. The van der Waals surface area contributed by atoms with E-state index in [1.165, 1.54) is 6.92 Å². The van der Waals surface area contributed by atoms with E-state index in [1.54, 1.807) is 4.90 Å². The van der Waals surface area contributed by atoms with Gasteiger partial charge >= 0.3 is 0 Å². The summed E-state index contributed by atoms with van der Waals surface area (Å²) in [6.07, 6.45) is 3.58. The topological polar surface area (TPSA) is 131 Å². The summed E-state index contributed by atoms with van der Waals surface area (Å²) in [5.74, 6) is -1.33. The van der Waals surface area contributed by atoms with Crippen molar-refractivity contribution in [3.63, 3.8) is 0 Å². The van der Waals surface area contributed by atoms with Crippen molar-refractivity contribution in [2.75, 3.05) is 13.1 Å². The number of hydrogen-bond acceptors (Lipinski definition) is 5. The Morgan fingerprint density at radius 2 is 1.75 bits per heavy atom. The molecule has 0 bridgehead atoms. The van der Waals surface area contributed by atoms with Gasteiger partial charge in [-0.1, -0.05) is 55.0 Å². The third-order valence-electron chi connectivity index (χ3n) is 9.21. The van der Waals surface area contributed by atoms with Gasteiger partial charge in [0.25, 0.3) is 5.91 Å². The van der Waals surface area contributed by atoms with Crippen LogP contribution in [0.5, 0.6) is 0 Å². The summed E-state index contributed by atoms with van der Waals surface area (Å²) in [5, 5.41) is 18.5. The summed E-state index contributed by atoms with van der Waals surface area (Å²) in [4.78, 5) is 55.2. The molecule has 0 spiro atoms. The number of carbonyl (C=O) groups is 4. The molecule has 2 aliphatic carbocycles. The van der Waals surface area contributed by atoms with Crippen molar-refractivity contribution in [2.45, 2.75) is 56.7 Å². The second kappa shape index (κ2) is 10.1. The minimum Gasteiger partial charge on any atom is -0.356 e. The summed E-state index contributed by atoms with van der Waals surface area (Å²) in [6, 6.07) is 15.7. The molecule has 0 aromatic heterocycles. The number of hydrogen-bond donors (Lipinski definition) is 3. The molecule has 6 rings (SSSR count). The molecular weight excluding hydrogens is 506 g/mol. The fourth-order valence-electron chi connectivity index (χ4n) is 7.54. The predicted octanol–water partition coefficient (Wildman–Crippen LogP) is 2.21. The molecule has 40 heavy (non-hydrogen) atoms. The number of amides is 4. The molecule has 0 unspecified atom stereocenters. The monoisotopic (exact) mass is 539 g/mol. The van der Waals surface area contributed by atoms with Crippen LogP contribution in [0.1, 0.15) is 50.2 Å². The maximum atomic E-state index is 14.9. The Balaban J connectivity index is 1.37. The number of benzene rings is 2. The molecule has 2 saturated heterocycles. The summed E-state index contributed by atoms with van der Waals surface area (Å²) < 4.78 is 0. The highest BCUT2D eigenvalue weighted by atomic mass is 16.2. The van der Waals surface area contributed by atoms with Crippen molar-refractivity contribution in [1.82, 2.24) is 20.9 Å². The Morgan fingerprint density at radius 1 is 1.07 bits per heavy atom. The molecule has 4 aliphatic rings. The van der Waals surface area contributed by atoms with Crippen molar-refractivity contribution in [2.24, 2.45) is 17.8 Å². The zero-order valence-corrected chi connectivity index (χ0v) is 22.5. The van der Waals surface area contributed by atoms with E-state index in [2.05, 4.69) is 22.0 Å². The fraction of sp³-hybridized carbons (Fsp3) is 0.452. The van der Waals surface area contributed by atoms with E-state index in [9.17, 15) is 24.4 Å². The van der Waals surface area contributed by atoms with Crippen LogP contribution in [0.2, 0.25) is 0 Å². The lowest BCUT2D eigenvalue weighted by molar-refractivity contribution is -0.145. The van der Waals surface area contributed by atoms with Crippen LogP contribution in [0.3, 0.4) is 0 Å². The Kier molecular flexibility index (Phi) is 6.57. The molecule has 4 amide bonds. The Morgan fingerprint density at radius 3 is 2.35 bits per heavy atom. The zero-order chi connectivity index (χ0) is 28.0. The van der Waals surface area contributed by atoms with Crippen LogP contribution >= 0.6 is 0 Å². The molecule has 1 saturated carbocycles. The first kappa shape index (κ1) is 26.1. The minimum atomic E-state index is -1.47. The van der Waals surface area contributed by atoms with Crippen LogP contribution in [0, 0.1) is 29.1 Å². The highest BCUT2D eigenvalue weighted by molar-refractivity contribution is 6.04. The van der Waals surface area contributed by atoms with Gasteiger partial charge in [0.05, 0.1) is 6.07 Å². The Labute approximate surface area is 233 Å². The number of carbonyl (C=O) groups excluding carboxylic acids is 4. The third kappa shape index (κ3) is 4.05. The van der Waals surface area contributed by atoms with Gasteiger partial charge in [-0.15, -0.1) is 0 Å². The zero-order valence-electron chi connectivity index (χ0n) is 22.5. The Hall–Kier alpha value is -4.19. The van der Waals surface area contributed by atoms with E-state index in [1.807, 2.05) is 48.5 Å². The van der Waals surface area contributed by atoms with Crippen LogP contribution < -0.4 is 16.0 Å². The van der Waals surface area contributed by atoms with Crippen LogP contribution in [0.25, 0.3) is 11.1 Å². The summed E-state index contributed by atoms with van der Waals surface area (Å²) in [7, 11) is 0. The third-order valence-corrected chi connectivity index (χ3v) is 9.21. The quantitative estimate of drug-likeness (QED) is 0.518. The standard InChI is InChI=1S/C31H33N5O4/c1-18(37)35-31(25-11-4-2-8-23(25)24-9-3-5-12-26(24)31)30(40)36-17-20-7-6-10-22(20)27(36)29(39)34-21(16-32)15-19-13-14-33-28(19)38/h2-5,8-9,11-12,19-22,27H,6-7,10,13-15,17H2,1H3,(H,33,38)(H,34,39)(H,35,37)/t19-,20-,21-,22-,27-/m0/s1. The molecule has 3 fully saturated rings. The van der Waals surface area contributed by atoms with Crippen LogP contribution in [0.15, 0.2) is 48.5 Å². The van der Waals surface area contributed by atoms with E-state index >= 15 is 0 Å². The second-order valence-electron chi connectivity index (χ2n) is 11.5. The molecule has 9 nitrogen and oxygen atoms in total. The normalized spacial score (nSPS) is 26.2. The van der Waals surface area contributed by atoms with Crippen molar-refractivity contribution < 1.29 is 19.2 Å². The fourth-order valence-corrected chi connectivity index (χ4v) is 7.54. The molecule has 2 aromatic carbocycles. The van der Waals surface area contributed by atoms with Crippen LogP contribution in [-0.2, 0) is 24.7 Å². The van der Waals surface area contributed by atoms with Crippen molar-refractivity contribution in [3.8, 4) is 17.2 Å². The first-order valence-corrected chi connectivity index (χ1v) is 14.1. The van der Waals surface area contributed by atoms with Crippen LogP contribution in [-0.4, -0.2) is 53.7 Å². The molecule has 2 heterocycles. The van der Waals surface area contributed by atoms with Gasteiger partial charge in [0.2, 0.25) is 17.7 Å². The van der Waals surface area contributed by atoms with Gasteiger partial charge in [0, 0.05) is 25.9 Å². The van der Waals surface area contributed by atoms with Gasteiger partial charge in [-0.2, -0.15) is 5.26 Å². The van der Waals surface area contributed by atoms with E-state index in [0.717, 1.165) is 30.4 Å². The largest absolute Gasteiger partial charge is 0.356 e. The van der Waals surface area contributed by atoms with Gasteiger partial charge in [-0.05, 0) is 59.8 Å². The predicted molar refractivity (Wildman–Crippen MR) is 146 cm³/mol. The molecule has 9 heteroatoms. The second-order valence-corrected chi connectivity index (χ2v) is 11.5. The first-order valence-electron chi connectivity index (χ1n) is 14.1. The summed E-state index contributed by atoms with van der Waals surface area (Å²) in [6.45, 7) is 2.38. The van der Waals surface area contributed by atoms with E-state index in [-0.39, 0.29) is 47.8 Å². The number of nitrogens with zero attached hydrogens (tertiary/aromatic N) is 2. The number of likely N-dealkylation sites (tertiary alicyclic amines) is 1. The SMILES string of the molecule is CC(=O)NC1(C(=O)N2C[C@@H]3CCC[C@@H]3[C@H]2C(=O)N[C@H](C#N)C[C@@H]2CCNC2=O)c2ccccc2-c2ccccc21. The molecule has 0 radical (unpaired) electrons. The number of nitriles is 1. The average molecular weight is 540 g/mol. The van der Waals surface area contributed by atoms with E-state index < -0.39 is 17.6 Å². The first-order chi connectivity index (χ1) is 19.3. The van der Waals surface area contributed by atoms with Crippen LogP contribution in [0.4, 0.5) is 0 Å². The molecule has 3 N–H and O–H groups in total. The van der Waals surface area contributed by atoms with Gasteiger partial charge in [0.15, 0.2) is 5.54 Å². The van der Waals surface area contributed by atoms with Crippen molar-refractivity contribution >= 4 is 23.6 Å². The lowest BCUT2D eigenvalue weighted by Crippen LogP contribution is -2.60. The van der Waals surface area contributed by atoms with Gasteiger partial charge < -0.3 is 20.9 Å². The maximum Gasteiger partial charge on any atom is 0.258 e. The molecule has 2 aromatic rings. The van der Waals surface area contributed by atoms with E-state index in [0.29, 0.717) is 30.6 Å². The van der Waals surface area contributed by atoms with Crippen molar-refractivity contribution in [3.05, 3.63) is 59.7 Å². The van der Waals surface area contributed by atoms with E-state index in [4.69, 9.17) is 0 Å². The van der Waals surface area contributed by atoms with Gasteiger partial charge in [0.1, 0.15) is 12.1 Å². The lowest BCUT2D eigenvalue weighted by atomic mass is 9.85. The summed E-state index contributed by atoms with van der Waals surface area (Å²) in [5.41, 5.74) is 1.66. The maximum absolute atomic E-state index is 14.9. The van der Waals surface area contributed by atoms with Crippen molar-refractivity contribution in [1.29, 1.82) is 5.26 Å². The summed E-state index contributed by atoms with van der Waals surface area (Å²) >= 11 is 0. The highest BCUT2D eigenvalue weighted by Gasteiger charge is 2.57. The lowest BCUT2D eigenvalue weighted by Gasteiger charge is -2.38. The average Bonchev–Trinajstić information content (AvgIpc) is 3.71. The van der Waals surface area contributed by atoms with Gasteiger partial charge in [-0.3, -0.25) is 19.2 Å². The number of fused-ring (bicyclic) bond motifs is 4. The highest BCUT2D eigenvalue weighted by Crippen LogP contribution is 2.51.